The van der Waals surface area contributed by atoms with Gasteiger partial charge in [0.25, 0.3) is 0 Å². The summed E-state index contributed by atoms with van der Waals surface area (Å²) < 4.78 is 6.11. The van der Waals surface area contributed by atoms with E-state index < -0.39 is 0 Å². The molecule has 6 heteroatoms. The van der Waals surface area contributed by atoms with E-state index in [4.69, 9.17) is 10.5 Å². The minimum Gasteiger partial charge on any atom is -0.383 e. The van der Waals surface area contributed by atoms with Gasteiger partial charge in [0.1, 0.15) is 0 Å². The average Bonchev–Trinajstić information content (AvgIpc) is 2.96. The van der Waals surface area contributed by atoms with Gasteiger partial charge in [-0.2, -0.15) is 0 Å². The molecule has 1 fully saturated rings. The van der Waals surface area contributed by atoms with Gasteiger partial charge in [0.15, 0.2) is 5.96 Å². The number of hydrogen-bond acceptors (Lipinski definition) is 2. The minimum atomic E-state index is 0. The molecule has 22 heavy (non-hydrogen) atoms. The number of nitrogens with two attached hydrogens (primary N) is 1. The van der Waals surface area contributed by atoms with E-state index in [9.17, 15) is 0 Å². The third-order valence-electron chi connectivity index (χ3n) is 4.18. The molecule has 0 atom stereocenters. The van der Waals surface area contributed by atoms with Crippen molar-refractivity contribution in [3.8, 4) is 0 Å². The van der Waals surface area contributed by atoms with Gasteiger partial charge in [-0.1, -0.05) is 40.9 Å². The van der Waals surface area contributed by atoms with Crippen molar-refractivity contribution in [2.75, 3.05) is 26.8 Å². The molecule has 124 valence electrons. The molecule has 0 aromatic heterocycles. The Labute approximate surface area is 158 Å². The first-order chi connectivity index (χ1) is 10.2. The van der Waals surface area contributed by atoms with E-state index in [-0.39, 0.29) is 29.4 Å². The van der Waals surface area contributed by atoms with Crippen LogP contribution in [0.25, 0.3) is 0 Å². The Bertz CT molecular complexity index is 473. The molecule has 0 amide bonds. The van der Waals surface area contributed by atoms with Crippen LogP contribution in [-0.4, -0.2) is 32.8 Å². The van der Waals surface area contributed by atoms with E-state index in [1.54, 1.807) is 7.11 Å². The summed E-state index contributed by atoms with van der Waals surface area (Å²) in [4.78, 5) is 4.56. The van der Waals surface area contributed by atoms with Crippen molar-refractivity contribution in [2.45, 2.75) is 31.1 Å². The van der Waals surface area contributed by atoms with Gasteiger partial charge in [0.2, 0.25) is 0 Å². The van der Waals surface area contributed by atoms with E-state index in [0.717, 1.165) is 11.0 Å². The van der Waals surface area contributed by atoms with E-state index in [2.05, 4.69) is 50.5 Å². The van der Waals surface area contributed by atoms with Crippen molar-refractivity contribution < 1.29 is 4.74 Å². The Morgan fingerprint density at radius 3 is 2.55 bits per heavy atom. The van der Waals surface area contributed by atoms with Crippen LogP contribution < -0.4 is 11.1 Å². The number of halogens is 2. The van der Waals surface area contributed by atoms with Gasteiger partial charge in [-0.05, 0) is 30.5 Å². The van der Waals surface area contributed by atoms with Crippen LogP contribution in [0.15, 0.2) is 33.7 Å². The van der Waals surface area contributed by atoms with Crippen molar-refractivity contribution in [3.63, 3.8) is 0 Å². The molecule has 0 bridgehead atoms. The van der Waals surface area contributed by atoms with E-state index >= 15 is 0 Å². The van der Waals surface area contributed by atoms with Gasteiger partial charge in [-0.25, -0.2) is 0 Å². The summed E-state index contributed by atoms with van der Waals surface area (Å²) >= 11 is 3.50. The van der Waals surface area contributed by atoms with Gasteiger partial charge in [0, 0.05) is 23.5 Å². The van der Waals surface area contributed by atoms with Crippen LogP contribution in [0.2, 0.25) is 0 Å². The monoisotopic (exact) mass is 481 g/mol. The van der Waals surface area contributed by atoms with Crippen molar-refractivity contribution in [3.05, 3.63) is 34.3 Å². The molecule has 0 spiro atoms. The normalized spacial score (nSPS) is 17.1. The van der Waals surface area contributed by atoms with Crippen LogP contribution in [0.3, 0.4) is 0 Å². The second kappa shape index (κ2) is 9.72. The fourth-order valence-electron chi connectivity index (χ4n) is 2.97. The number of rotatable bonds is 6. The van der Waals surface area contributed by atoms with Crippen LogP contribution >= 0.6 is 39.9 Å². The standard InChI is InChI=1S/C16H24BrN3O.HI/c1-21-11-10-19-15(18)20-12-16(8-2-3-9-16)13-4-6-14(17)7-5-13;/h4-7H,2-3,8-12H2,1H3,(H3,18,19,20);1H. The maximum absolute atomic E-state index is 5.93. The largest absolute Gasteiger partial charge is 0.383 e. The second-order valence-electron chi connectivity index (χ2n) is 5.62. The SMILES string of the molecule is COCCNC(N)=NCC1(c2ccc(Br)cc2)CCCC1.I. The summed E-state index contributed by atoms with van der Waals surface area (Å²) in [6, 6.07) is 8.64. The lowest BCUT2D eigenvalue weighted by molar-refractivity contribution is 0.204. The highest BCUT2D eigenvalue weighted by Crippen LogP contribution is 2.41. The fraction of sp³-hybridized carbons (Fsp3) is 0.562. The highest BCUT2D eigenvalue weighted by atomic mass is 127. The number of nitrogens with zero attached hydrogens (tertiary/aromatic N) is 1. The van der Waals surface area contributed by atoms with Crippen molar-refractivity contribution in [1.82, 2.24) is 5.32 Å². The molecule has 0 heterocycles. The molecule has 1 aliphatic carbocycles. The summed E-state index contributed by atoms with van der Waals surface area (Å²) in [5.74, 6) is 0.510. The maximum Gasteiger partial charge on any atom is 0.188 e. The van der Waals surface area contributed by atoms with Gasteiger partial charge in [0.05, 0.1) is 13.2 Å². The topological polar surface area (TPSA) is 59.6 Å². The summed E-state index contributed by atoms with van der Waals surface area (Å²) in [5.41, 5.74) is 7.45. The zero-order valence-electron chi connectivity index (χ0n) is 13.0. The lowest BCUT2D eigenvalue weighted by Gasteiger charge is -2.28. The summed E-state index contributed by atoms with van der Waals surface area (Å²) in [7, 11) is 1.68. The smallest absolute Gasteiger partial charge is 0.188 e. The molecular formula is C16H25BrIN3O. The molecule has 0 saturated heterocycles. The molecule has 1 aromatic rings. The van der Waals surface area contributed by atoms with E-state index in [1.807, 2.05) is 0 Å². The number of benzene rings is 1. The molecular weight excluding hydrogens is 457 g/mol. The average molecular weight is 482 g/mol. The molecule has 1 aromatic carbocycles. The summed E-state index contributed by atoms with van der Waals surface area (Å²) in [5, 5.41) is 3.08. The number of aliphatic imine (C=N–C) groups is 1. The Morgan fingerprint density at radius 2 is 1.95 bits per heavy atom. The zero-order valence-corrected chi connectivity index (χ0v) is 16.9. The predicted molar refractivity (Wildman–Crippen MR) is 106 cm³/mol. The molecule has 4 nitrogen and oxygen atoms in total. The number of nitrogens with one attached hydrogen (secondary N) is 1. The third-order valence-corrected chi connectivity index (χ3v) is 4.71. The lowest BCUT2D eigenvalue weighted by Crippen LogP contribution is -2.36. The van der Waals surface area contributed by atoms with Crippen LogP contribution in [0.4, 0.5) is 0 Å². The molecule has 3 N–H and O–H groups in total. The first kappa shape index (κ1) is 19.7. The van der Waals surface area contributed by atoms with Gasteiger partial charge in [-0.15, -0.1) is 24.0 Å². The molecule has 0 unspecified atom stereocenters. The third kappa shape index (κ3) is 5.38. The van der Waals surface area contributed by atoms with Crippen LogP contribution in [-0.2, 0) is 10.2 Å². The number of methoxy groups -OCH3 is 1. The summed E-state index contributed by atoms with van der Waals surface area (Å²) in [6.45, 7) is 2.08. The molecule has 1 aliphatic rings. The quantitative estimate of drug-likeness (QED) is 0.283. The number of hydrogen-bond donors (Lipinski definition) is 2. The Kier molecular flexibility index (Phi) is 8.71. The Hall–Kier alpha value is -0.340. The Balaban J connectivity index is 0.00000242. The van der Waals surface area contributed by atoms with Crippen LogP contribution in [0, 0.1) is 0 Å². The molecule has 1 saturated carbocycles. The first-order valence-electron chi connectivity index (χ1n) is 7.45. The predicted octanol–water partition coefficient (Wildman–Crippen LogP) is 3.43. The highest BCUT2D eigenvalue weighted by molar-refractivity contribution is 14.0. The summed E-state index contributed by atoms with van der Waals surface area (Å²) in [6.07, 6.45) is 4.90. The molecule has 2 rings (SSSR count). The van der Waals surface area contributed by atoms with E-state index in [0.29, 0.717) is 19.1 Å². The van der Waals surface area contributed by atoms with E-state index in [1.165, 1.54) is 31.2 Å². The molecule has 0 radical (unpaired) electrons. The lowest BCUT2D eigenvalue weighted by atomic mass is 9.79. The Morgan fingerprint density at radius 1 is 1.32 bits per heavy atom. The fourth-order valence-corrected chi connectivity index (χ4v) is 3.23. The van der Waals surface area contributed by atoms with Gasteiger partial charge < -0.3 is 15.8 Å². The first-order valence-corrected chi connectivity index (χ1v) is 8.24. The highest BCUT2D eigenvalue weighted by Gasteiger charge is 2.35. The maximum atomic E-state index is 5.93. The molecule has 0 aliphatic heterocycles. The van der Waals surface area contributed by atoms with Crippen molar-refractivity contribution >= 4 is 45.9 Å². The van der Waals surface area contributed by atoms with Gasteiger partial charge in [-0.3, -0.25) is 4.99 Å². The zero-order chi connectivity index (χ0) is 15.1. The van der Waals surface area contributed by atoms with Crippen LogP contribution in [0.5, 0.6) is 0 Å². The second-order valence-corrected chi connectivity index (χ2v) is 6.53. The van der Waals surface area contributed by atoms with Crippen molar-refractivity contribution in [1.29, 1.82) is 0 Å². The van der Waals surface area contributed by atoms with Crippen molar-refractivity contribution in [2.24, 2.45) is 10.7 Å². The number of ether oxygens (including phenoxy) is 1. The van der Waals surface area contributed by atoms with Gasteiger partial charge >= 0.3 is 0 Å². The minimum absolute atomic E-state index is 0. The number of guanidine groups is 1. The van der Waals surface area contributed by atoms with Crippen LogP contribution in [0.1, 0.15) is 31.2 Å².